The molecule has 0 radical (unpaired) electrons. The maximum Gasteiger partial charge on any atom is 0.261 e. The highest BCUT2D eigenvalue weighted by Crippen LogP contribution is 2.33. The van der Waals surface area contributed by atoms with E-state index in [1.54, 1.807) is 14.2 Å². The minimum atomic E-state index is -0.138. The van der Waals surface area contributed by atoms with Gasteiger partial charge in [0.25, 0.3) is 5.91 Å². The molecular formula is C23H28N4O5S. The molecule has 3 heterocycles. The maximum absolute atomic E-state index is 12.8. The summed E-state index contributed by atoms with van der Waals surface area (Å²) in [5, 5.41) is 7.22. The van der Waals surface area contributed by atoms with Crippen molar-refractivity contribution in [3.8, 4) is 11.5 Å². The Morgan fingerprint density at radius 1 is 1.21 bits per heavy atom. The first kappa shape index (κ1) is 23.2. The van der Waals surface area contributed by atoms with E-state index in [2.05, 4.69) is 20.6 Å². The lowest BCUT2D eigenvalue weighted by molar-refractivity contribution is -0.0855. The Balaban J connectivity index is 1.43. The molecule has 1 unspecified atom stereocenters. The Bertz CT molecular complexity index is 1110. The molecule has 1 aromatic carbocycles. The van der Waals surface area contributed by atoms with Crippen molar-refractivity contribution in [2.45, 2.75) is 19.4 Å². The second-order valence-electron chi connectivity index (χ2n) is 7.60. The highest BCUT2D eigenvalue weighted by molar-refractivity contribution is 7.20. The number of carbonyl (C=O) groups is 1. The zero-order valence-corrected chi connectivity index (χ0v) is 19.8. The highest BCUT2D eigenvalue weighted by atomic mass is 32.1. The Morgan fingerprint density at radius 3 is 2.82 bits per heavy atom. The van der Waals surface area contributed by atoms with E-state index >= 15 is 0 Å². The Morgan fingerprint density at radius 2 is 2.06 bits per heavy atom. The Labute approximate surface area is 196 Å². The molecule has 1 atom stereocenters. The molecule has 2 aromatic heterocycles. The Kier molecular flexibility index (Phi) is 7.58. The van der Waals surface area contributed by atoms with Gasteiger partial charge in [-0.3, -0.25) is 4.79 Å². The summed E-state index contributed by atoms with van der Waals surface area (Å²) < 4.78 is 21.7. The van der Waals surface area contributed by atoms with E-state index in [0.717, 1.165) is 33.6 Å². The van der Waals surface area contributed by atoms with Gasteiger partial charge in [0.15, 0.2) is 11.5 Å². The molecule has 9 nitrogen and oxygen atoms in total. The van der Waals surface area contributed by atoms with Crippen LogP contribution in [0.15, 0.2) is 24.5 Å². The van der Waals surface area contributed by atoms with Crippen LogP contribution in [-0.2, 0) is 15.9 Å². The first-order valence-corrected chi connectivity index (χ1v) is 11.6. The SMILES string of the molecule is COc1ccc(CCNc2ncnc3sc(C(=O)NCC4COCCO4)c(C)c23)cc1OC. The van der Waals surface area contributed by atoms with Crippen molar-refractivity contribution in [3.05, 3.63) is 40.5 Å². The first-order chi connectivity index (χ1) is 16.1. The number of nitrogens with zero attached hydrogens (tertiary/aromatic N) is 2. The summed E-state index contributed by atoms with van der Waals surface area (Å²) in [5.41, 5.74) is 1.98. The number of benzene rings is 1. The summed E-state index contributed by atoms with van der Waals surface area (Å²) in [5.74, 6) is 1.99. The second-order valence-corrected chi connectivity index (χ2v) is 8.60. The number of rotatable bonds is 9. The van der Waals surface area contributed by atoms with Crippen LogP contribution < -0.4 is 20.1 Å². The number of methoxy groups -OCH3 is 2. The summed E-state index contributed by atoms with van der Waals surface area (Å²) in [7, 11) is 3.25. The van der Waals surface area contributed by atoms with Crippen LogP contribution in [0.1, 0.15) is 20.8 Å². The predicted octanol–water partition coefficient (Wildman–Crippen LogP) is 2.82. The number of anilines is 1. The molecule has 3 aromatic rings. The molecule has 1 aliphatic rings. The van der Waals surface area contributed by atoms with E-state index in [1.807, 2.05) is 25.1 Å². The lowest BCUT2D eigenvalue weighted by Gasteiger charge is -2.22. The number of hydrogen-bond acceptors (Lipinski definition) is 9. The molecule has 33 heavy (non-hydrogen) atoms. The van der Waals surface area contributed by atoms with Gasteiger partial charge in [-0.1, -0.05) is 6.07 Å². The first-order valence-electron chi connectivity index (χ1n) is 10.8. The summed E-state index contributed by atoms with van der Waals surface area (Å²) in [4.78, 5) is 23.0. The molecular weight excluding hydrogens is 444 g/mol. The van der Waals surface area contributed by atoms with Crippen LogP contribution >= 0.6 is 11.3 Å². The van der Waals surface area contributed by atoms with E-state index < -0.39 is 0 Å². The van der Waals surface area contributed by atoms with Crippen molar-refractivity contribution < 1.29 is 23.7 Å². The number of nitrogens with one attached hydrogen (secondary N) is 2. The maximum atomic E-state index is 12.8. The van der Waals surface area contributed by atoms with Crippen molar-refractivity contribution in [2.24, 2.45) is 0 Å². The molecule has 176 valence electrons. The average molecular weight is 473 g/mol. The molecule has 0 saturated carbocycles. The predicted molar refractivity (Wildman–Crippen MR) is 127 cm³/mol. The highest BCUT2D eigenvalue weighted by Gasteiger charge is 2.21. The van der Waals surface area contributed by atoms with Crippen molar-refractivity contribution in [1.82, 2.24) is 15.3 Å². The van der Waals surface area contributed by atoms with Crippen molar-refractivity contribution in [2.75, 3.05) is 52.4 Å². The topological polar surface area (TPSA) is 104 Å². The van der Waals surface area contributed by atoms with Gasteiger partial charge in [0, 0.05) is 13.1 Å². The van der Waals surface area contributed by atoms with Gasteiger partial charge in [0.2, 0.25) is 0 Å². The third kappa shape index (κ3) is 5.35. The van der Waals surface area contributed by atoms with E-state index in [9.17, 15) is 4.79 Å². The van der Waals surface area contributed by atoms with Crippen LogP contribution in [0.25, 0.3) is 10.2 Å². The number of thiophene rings is 1. The number of aryl methyl sites for hydroxylation is 1. The van der Waals surface area contributed by atoms with Gasteiger partial charge in [0.05, 0.1) is 50.4 Å². The van der Waals surface area contributed by atoms with Crippen molar-refractivity contribution in [3.63, 3.8) is 0 Å². The Hall–Kier alpha value is -2.95. The van der Waals surface area contributed by atoms with E-state index in [-0.39, 0.29) is 12.0 Å². The fourth-order valence-electron chi connectivity index (χ4n) is 3.72. The van der Waals surface area contributed by atoms with Crippen molar-refractivity contribution >= 4 is 33.3 Å². The molecule has 10 heteroatoms. The zero-order chi connectivity index (χ0) is 23.2. The quantitative estimate of drug-likeness (QED) is 0.490. The average Bonchev–Trinajstić information content (AvgIpc) is 3.20. The molecule has 1 aliphatic heterocycles. The van der Waals surface area contributed by atoms with Crippen LogP contribution in [0.2, 0.25) is 0 Å². The molecule has 1 saturated heterocycles. The number of ether oxygens (including phenoxy) is 4. The van der Waals surface area contributed by atoms with Crippen LogP contribution in [0, 0.1) is 6.92 Å². The monoisotopic (exact) mass is 472 g/mol. The van der Waals surface area contributed by atoms with Gasteiger partial charge in [-0.15, -0.1) is 11.3 Å². The van der Waals surface area contributed by atoms with Crippen LogP contribution in [-0.4, -0.2) is 69.1 Å². The standard InChI is InChI=1S/C23H28N4O5S/c1-14-19-21(24-7-6-15-4-5-17(29-2)18(10-15)30-3)26-13-27-23(19)33-20(14)22(28)25-11-16-12-31-8-9-32-16/h4-5,10,13,16H,6-9,11-12H2,1-3H3,(H,25,28)(H,24,26,27). The van der Waals surface area contributed by atoms with Gasteiger partial charge < -0.3 is 29.6 Å². The second kappa shape index (κ2) is 10.8. The molecule has 0 bridgehead atoms. The molecule has 1 fully saturated rings. The minimum absolute atomic E-state index is 0.119. The van der Waals surface area contributed by atoms with Crippen molar-refractivity contribution in [1.29, 1.82) is 0 Å². The van der Waals surface area contributed by atoms with E-state index in [1.165, 1.54) is 17.7 Å². The van der Waals surface area contributed by atoms with Crippen LogP contribution in [0.5, 0.6) is 11.5 Å². The summed E-state index contributed by atoms with van der Waals surface area (Å²) in [6.07, 6.45) is 2.17. The number of hydrogen-bond donors (Lipinski definition) is 2. The zero-order valence-electron chi connectivity index (χ0n) is 19.0. The normalized spacial score (nSPS) is 15.9. The fraction of sp³-hybridized carbons (Fsp3) is 0.435. The fourth-order valence-corrected chi connectivity index (χ4v) is 4.79. The minimum Gasteiger partial charge on any atom is -0.493 e. The van der Waals surface area contributed by atoms with Gasteiger partial charge >= 0.3 is 0 Å². The molecule has 0 aliphatic carbocycles. The molecule has 4 rings (SSSR count). The lowest BCUT2D eigenvalue weighted by Crippen LogP contribution is -2.39. The largest absolute Gasteiger partial charge is 0.493 e. The van der Waals surface area contributed by atoms with Crippen LogP contribution in [0.4, 0.5) is 5.82 Å². The van der Waals surface area contributed by atoms with Gasteiger partial charge in [0.1, 0.15) is 17.0 Å². The van der Waals surface area contributed by atoms with E-state index in [0.29, 0.717) is 49.3 Å². The number of fused-ring (bicyclic) bond motifs is 1. The molecule has 1 amide bonds. The van der Waals surface area contributed by atoms with Gasteiger partial charge in [-0.05, 0) is 36.6 Å². The third-order valence-electron chi connectivity index (χ3n) is 5.46. The van der Waals surface area contributed by atoms with E-state index in [4.69, 9.17) is 18.9 Å². The van der Waals surface area contributed by atoms with Gasteiger partial charge in [-0.2, -0.15) is 0 Å². The number of amides is 1. The number of carbonyl (C=O) groups excluding carboxylic acids is 1. The smallest absolute Gasteiger partial charge is 0.261 e. The lowest BCUT2D eigenvalue weighted by atomic mass is 10.1. The molecule has 0 spiro atoms. The summed E-state index contributed by atoms with van der Waals surface area (Å²) in [6.45, 7) is 4.64. The van der Waals surface area contributed by atoms with Gasteiger partial charge in [-0.25, -0.2) is 9.97 Å². The van der Waals surface area contributed by atoms with Crippen LogP contribution in [0.3, 0.4) is 0 Å². The summed E-state index contributed by atoms with van der Waals surface area (Å²) >= 11 is 1.37. The molecule has 2 N–H and O–H groups in total. The number of aromatic nitrogens is 2. The third-order valence-corrected chi connectivity index (χ3v) is 6.66. The summed E-state index contributed by atoms with van der Waals surface area (Å²) in [6, 6.07) is 5.88.